The van der Waals surface area contributed by atoms with Crippen molar-refractivity contribution in [3.05, 3.63) is 0 Å². The van der Waals surface area contributed by atoms with Gasteiger partial charge in [0.05, 0.1) is 6.61 Å². The van der Waals surface area contributed by atoms with E-state index < -0.39 is 0 Å². The molecule has 0 amide bonds. The van der Waals surface area contributed by atoms with Crippen LogP contribution in [0.25, 0.3) is 0 Å². The van der Waals surface area contributed by atoms with E-state index in [1.807, 2.05) is 0 Å². The Morgan fingerprint density at radius 3 is 2.53 bits per heavy atom. The lowest BCUT2D eigenvalue weighted by Gasteiger charge is -2.12. The maximum Gasteiger partial charge on any atom is 0.191 e. The summed E-state index contributed by atoms with van der Waals surface area (Å²) in [6.07, 6.45) is 0.941. The molecule has 0 aromatic rings. The van der Waals surface area contributed by atoms with Crippen LogP contribution >= 0.6 is 24.0 Å². The van der Waals surface area contributed by atoms with E-state index in [4.69, 9.17) is 9.47 Å². The molecule has 0 saturated carbocycles. The smallest absolute Gasteiger partial charge is 0.191 e. The fraction of sp³-hybridized carbons (Fsp3) is 0.923. The number of hydrogen-bond donors (Lipinski definition) is 2. The van der Waals surface area contributed by atoms with Crippen LogP contribution in [0.2, 0.25) is 0 Å². The van der Waals surface area contributed by atoms with Crippen LogP contribution in [0.1, 0.15) is 27.2 Å². The lowest BCUT2D eigenvalue weighted by Crippen LogP contribution is -2.39. The van der Waals surface area contributed by atoms with E-state index in [0.717, 1.165) is 45.2 Å². The molecule has 0 rings (SSSR count). The van der Waals surface area contributed by atoms with Gasteiger partial charge in [-0.15, -0.1) is 24.0 Å². The number of rotatable bonds is 10. The number of nitrogens with one attached hydrogen (secondary N) is 2. The van der Waals surface area contributed by atoms with Crippen molar-refractivity contribution in [1.82, 2.24) is 10.6 Å². The van der Waals surface area contributed by atoms with Crippen molar-refractivity contribution >= 4 is 29.9 Å². The minimum atomic E-state index is 0. The van der Waals surface area contributed by atoms with Crippen molar-refractivity contribution in [2.45, 2.75) is 27.2 Å². The quantitative estimate of drug-likeness (QED) is 0.260. The Morgan fingerprint density at radius 2 is 1.95 bits per heavy atom. The molecule has 0 spiro atoms. The predicted octanol–water partition coefficient (Wildman–Crippen LogP) is 1.87. The summed E-state index contributed by atoms with van der Waals surface area (Å²) in [6, 6.07) is 0. The zero-order valence-corrected chi connectivity index (χ0v) is 15.0. The van der Waals surface area contributed by atoms with Crippen molar-refractivity contribution in [3.63, 3.8) is 0 Å². The first-order valence-corrected chi connectivity index (χ1v) is 6.79. The topological polar surface area (TPSA) is 54.9 Å². The first-order valence-electron chi connectivity index (χ1n) is 6.79. The number of nitrogens with zero attached hydrogens (tertiary/aromatic N) is 1. The maximum atomic E-state index is 5.50. The molecule has 0 fully saturated rings. The second-order valence-corrected chi connectivity index (χ2v) is 4.50. The molecular weight excluding hydrogens is 357 g/mol. The van der Waals surface area contributed by atoms with Crippen LogP contribution < -0.4 is 10.6 Å². The summed E-state index contributed by atoms with van der Waals surface area (Å²) in [7, 11) is 1.71. The molecule has 0 unspecified atom stereocenters. The minimum absolute atomic E-state index is 0. The van der Waals surface area contributed by atoms with E-state index in [1.165, 1.54) is 0 Å². The summed E-state index contributed by atoms with van der Waals surface area (Å²) in [6.45, 7) is 11.0. The van der Waals surface area contributed by atoms with Crippen molar-refractivity contribution in [1.29, 1.82) is 0 Å². The van der Waals surface area contributed by atoms with E-state index in [0.29, 0.717) is 12.5 Å². The van der Waals surface area contributed by atoms with Crippen LogP contribution in [-0.4, -0.2) is 52.5 Å². The molecule has 0 aliphatic heterocycles. The third-order valence-corrected chi connectivity index (χ3v) is 2.11. The van der Waals surface area contributed by atoms with E-state index in [9.17, 15) is 0 Å². The molecule has 116 valence electrons. The second kappa shape index (κ2) is 16.0. The van der Waals surface area contributed by atoms with Crippen LogP contribution in [0.4, 0.5) is 0 Å². The van der Waals surface area contributed by atoms with Gasteiger partial charge in [-0.05, 0) is 19.3 Å². The van der Waals surface area contributed by atoms with Gasteiger partial charge in [0.25, 0.3) is 0 Å². The molecule has 0 atom stereocenters. The summed E-state index contributed by atoms with van der Waals surface area (Å²) >= 11 is 0. The molecule has 0 aromatic heterocycles. The third kappa shape index (κ3) is 15.9. The predicted molar refractivity (Wildman–Crippen MR) is 91.5 cm³/mol. The Bertz CT molecular complexity index is 214. The molecule has 6 heteroatoms. The van der Waals surface area contributed by atoms with Gasteiger partial charge in [-0.2, -0.15) is 0 Å². The molecule has 0 aliphatic carbocycles. The number of halogens is 1. The van der Waals surface area contributed by atoms with Crippen molar-refractivity contribution in [2.24, 2.45) is 10.9 Å². The number of hydrogen-bond acceptors (Lipinski definition) is 3. The van der Waals surface area contributed by atoms with Crippen LogP contribution in [0.15, 0.2) is 4.99 Å². The van der Waals surface area contributed by atoms with Gasteiger partial charge >= 0.3 is 0 Å². The average molecular weight is 387 g/mol. The van der Waals surface area contributed by atoms with Gasteiger partial charge in [0.15, 0.2) is 5.96 Å². The highest BCUT2D eigenvalue weighted by atomic mass is 127. The molecule has 0 aliphatic rings. The Hall–Kier alpha value is -0.0800. The number of methoxy groups -OCH3 is 1. The highest BCUT2D eigenvalue weighted by molar-refractivity contribution is 14.0. The lowest BCUT2D eigenvalue weighted by atomic mass is 10.2. The Labute approximate surface area is 134 Å². The highest BCUT2D eigenvalue weighted by Gasteiger charge is 1.97. The average Bonchev–Trinajstić information content (AvgIpc) is 2.33. The fourth-order valence-corrected chi connectivity index (χ4v) is 1.30. The molecule has 19 heavy (non-hydrogen) atoms. The van der Waals surface area contributed by atoms with Gasteiger partial charge in [0.1, 0.15) is 0 Å². The zero-order valence-electron chi connectivity index (χ0n) is 12.7. The van der Waals surface area contributed by atoms with E-state index in [1.54, 1.807) is 7.11 Å². The number of ether oxygens (including phenoxy) is 2. The first kappa shape index (κ1) is 21.2. The standard InChI is InChI=1S/C13H29N3O2.HI/c1-5-14-13(15-7-6-9-17-4)16-8-10-18-11-12(2)3;/h12H,5-11H2,1-4H3,(H2,14,15,16);1H. The number of aliphatic imine (C=N–C) groups is 1. The summed E-state index contributed by atoms with van der Waals surface area (Å²) in [4.78, 5) is 4.44. The summed E-state index contributed by atoms with van der Waals surface area (Å²) in [5.74, 6) is 1.43. The highest BCUT2D eigenvalue weighted by Crippen LogP contribution is 1.91. The second-order valence-electron chi connectivity index (χ2n) is 4.50. The van der Waals surface area contributed by atoms with Crippen molar-refractivity contribution < 1.29 is 9.47 Å². The third-order valence-electron chi connectivity index (χ3n) is 2.11. The van der Waals surface area contributed by atoms with Gasteiger partial charge in [-0.1, -0.05) is 13.8 Å². The van der Waals surface area contributed by atoms with Crippen molar-refractivity contribution in [3.8, 4) is 0 Å². The zero-order chi connectivity index (χ0) is 13.6. The molecule has 5 nitrogen and oxygen atoms in total. The van der Waals surface area contributed by atoms with E-state index >= 15 is 0 Å². The SMILES string of the molecule is CCNC(=NCCCOC)NCCOCC(C)C.I. The Morgan fingerprint density at radius 1 is 1.21 bits per heavy atom. The lowest BCUT2D eigenvalue weighted by molar-refractivity contribution is 0.114. The Balaban J connectivity index is 0. The van der Waals surface area contributed by atoms with Crippen LogP contribution in [0.3, 0.4) is 0 Å². The Kier molecular flexibility index (Phi) is 17.8. The molecule has 0 saturated heterocycles. The van der Waals surface area contributed by atoms with Crippen LogP contribution in [0, 0.1) is 5.92 Å². The van der Waals surface area contributed by atoms with Gasteiger partial charge in [-0.25, -0.2) is 0 Å². The summed E-state index contributed by atoms with van der Waals surface area (Å²) < 4.78 is 10.5. The van der Waals surface area contributed by atoms with Gasteiger partial charge < -0.3 is 20.1 Å². The molecule has 2 N–H and O–H groups in total. The minimum Gasteiger partial charge on any atom is -0.385 e. The number of guanidine groups is 1. The summed E-state index contributed by atoms with van der Waals surface area (Å²) in [5, 5.41) is 6.45. The monoisotopic (exact) mass is 387 g/mol. The molecule has 0 bridgehead atoms. The van der Waals surface area contributed by atoms with E-state index in [-0.39, 0.29) is 24.0 Å². The molecule has 0 heterocycles. The van der Waals surface area contributed by atoms with Gasteiger partial charge in [0, 0.05) is 40.0 Å². The maximum absolute atomic E-state index is 5.50. The van der Waals surface area contributed by atoms with E-state index in [2.05, 4.69) is 36.4 Å². The largest absolute Gasteiger partial charge is 0.385 e. The molecule has 0 aromatic carbocycles. The van der Waals surface area contributed by atoms with Crippen LogP contribution in [-0.2, 0) is 9.47 Å². The molecular formula is C13H30IN3O2. The van der Waals surface area contributed by atoms with Crippen molar-refractivity contribution in [2.75, 3.05) is 46.6 Å². The normalized spacial score (nSPS) is 11.3. The summed E-state index contributed by atoms with van der Waals surface area (Å²) in [5.41, 5.74) is 0. The van der Waals surface area contributed by atoms with Crippen LogP contribution in [0.5, 0.6) is 0 Å². The first-order chi connectivity index (χ1) is 8.70. The molecule has 0 radical (unpaired) electrons. The fourth-order valence-electron chi connectivity index (χ4n) is 1.30. The van der Waals surface area contributed by atoms with Gasteiger partial charge in [-0.3, -0.25) is 4.99 Å². The van der Waals surface area contributed by atoms with Gasteiger partial charge in [0.2, 0.25) is 0 Å².